The van der Waals surface area contributed by atoms with Crippen LogP contribution in [0.25, 0.3) is 0 Å². The van der Waals surface area contributed by atoms with Gasteiger partial charge in [-0.15, -0.1) is 11.6 Å². The van der Waals surface area contributed by atoms with Crippen molar-refractivity contribution in [2.45, 2.75) is 64.2 Å². The fourth-order valence-electron chi connectivity index (χ4n) is 3.25. The van der Waals surface area contributed by atoms with Crippen LogP contribution in [-0.4, -0.2) is 5.38 Å². The highest BCUT2D eigenvalue weighted by atomic mass is 35.5. The Balaban J connectivity index is 1.99. The maximum Gasteiger partial charge on any atom is 0.0367 e. The molecule has 3 unspecified atom stereocenters. The molecule has 106 valence electrons. The van der Waals surface area contributed by atoms with E-state index in [0.29, 0.717) is 17.2 Å². The van der Waals surface area contributed by atoms with Gasteiger partial charge in [0.05, 0.1) is 0 Å². The molecule has 0 N–H and O–H groups in total. The lowest BCUT2D eigenvalue weighted by atomic mass is 9.77. The summed E-state index contributed by atoms with van der Waals surface area (Å²) in [6.07, 6.45) is 6.31. The van der Waals surface area contributed by atoms with E-state index in [0.717, 1.165) is 12.3 Å². The predicted octanol–water partition coefficient (Wildman–Crippen LogP) is 5.79. The van der Waals surface area contributed by atoms with Crippen molar-refractivity contribution in [1.82, 2.24) is 0 Å². The van der Waals surface area contributed by atoms with Crippen LogP contribution < -0.4 is 0 Å². The van der Waals surface area contributed by atoms with E-state index in [1.54, 1.807) is 0 Å². The number of hydrogen-bond acceptors (Lipinski definition) is 0. The SMILES string of the molecule is CCC1CCC(Cl)C(Cc2ccc(C(C)C)cc2)C1. The van der Waals surface area contributed by atoms with Crippen molar-refractivity contribution in [3.05, 3.63) is 35.4 Å². The number of hydrogen-bond donors (Lipinski definition) is 0. The van der Waals surface area contributed by atoms with E-state index < -0.39 is 0 Å². The second-order valence-corrected chi connectivity index (χ2v) is 7.02. The molecule has 3 atom stereocenters. The third kappa shape index (κ3) is 3.99. The zero-order valence-electron chi connectivity index (χ0n) is 12.5. The van der Waals surface area contributed by atoms with Crippen LogP contribution in [0.5, 0.6) is 0 Å². The average Bonchev–Trinajstić information content (AvgIpc) is 2.42. The standard InChI is InChI=1S/C18H27Cl/c1-4-14-7-10-18(19)17(11-14)12-15-5-8-16(9-6-15)13(2)3/h5-6,8-9,13-14,17-18H,4,7,10-12H2,1-3H3. The van der Waals surface area contributed by atoms with Crippen LogP contribution in [0.3, 0.4) is 0 Å². The zero-order chi connectivity index (χ0) is 13.8. The maximum absolute atomic E-state index is 6.54. The van der Waals surface area contributed by atoms with Crippen molar-refractivity contribution < 1.29 is 0 Å². The molecular weight excluding hydrogens is 252 g/mol. The normalized spacial score (nSPS) is 27.7. The number of benzene rings is 1. The summed E-state index contributed by atoms with van der Waals surface area (Å²) in [6, 6.07) is 9.16. The lowest BCUT2D eigenvalue weighted by Gasteiger charge is -2.32. The first-order valence-corrected chi connectivity index (χ1v) is 8.26. The van der Waals surface area contributed by atoms with Crippen LogP contribution >= 0.6 is 11.6 Å². The highest BCUT2D eigenvalue weighted by Crippen LogP contribution is 2.36. The van der Waals surface area contributed by atoms with Gasteiger partial charge in [0.25, 0.3) is 0 Å². The van der Waals surface area contributed by atoms with E-state index in [-0.39, 0.29) is 0 Å². The number of halogens is 1. The van der Waals surface area contributed by atoms with Crippen LogP contribution in [0.15, 0.2) is 24.3 Å². The molecule has 1 aliphatic rings. The van der Waals surface area contributed by atoms with Crippen molar-refractivity contribution in [3.8, 4) is 0 Å². The van der Waals surface area contributed by atoms with Crippen molar-refractivity contribution in [3.63, 3.8) is 0 Å². The molecule has 0 amide bonds. The van der Waals surface area contributed by atoms with E-state index >= 15 is 0 Å². The molecule has 1 heteroatoms. The average molecular weight is 279 g/mol. The third-order valence-electron chi connectivity index (χ3n) is 4.72. The zero-order valence-corrected chi connectivity index (χ0v) is 13.3. The minimum atomic E-state index is 0.382. The summed E-state index contributed by atoms with van der Waals surface area (Å²) in [6.45, 7) is 6.81. The Bertz CT molecular complexity index is 379. The molecule has 0 bridgehead atoms. The van der Waals surface area contributed by atoms with Gasteiger partial charge in [-0.1, -0.05) is 51.5 Å². The second-order valence-electron chi connectivity index (χ2n) is 6.46. The molecule has 19 heavy (non-hydrogen) atoms. The van der Waals surface area contributed by atoms with Gasteiger partial charge >= 0.3 is 0 Å². The van der Waals surface area contributed by atoms with Crippen LogP contribution in [0.1, 0.15) is 63.5 Å². The molecule has 0 aromatic heterocycles. The van der Waals surface area contributed by atoms with Crippen LogP contribution in [-0.2, 0) is 6.42 Å². The molecule has 1 aromatic carbocycles. The lowest BCUT2D eigenvalue weighted by molar-refractivity contribution is 0.265. The topological polar surface area (TPSA) is 0 Å². The van der Waals surface area contributed by atoms with Gasteiger partial charge in [0.2, 0.25) is 0 Å². The summed E-state index contributed by atoms with van der Waals surface area (Å²) >= 11 is 6.54. The molecule has 0 radical (unpaired) electrons. The Morgan fingerprint density at radius 2 is 1.84 bits per heavy atom. The number of rotatable bonds is 4. The van der Waals surface area contributed by atoms with Gasteiger partial charge < -0.3 is 0 Å². The van der Waals surface area contributed by atoms with Crippen LogP contribution in [0.2, 0.25) is 0 Å². The first kappa shape index (κ1) is 14.9. The van der Waals surface area contributed by atoms with Crippen molar-refractivity contribution >= 4 is 11.6 Å². The van der Waals surface area contributed by atoms with Gasteiger partial charge in [0.1, 0.15) is 0 Å². The molecule has 1 fully saturated rings. The molecule has 2 rings (SSSR count). The van der Waals surface area contributed by atoms with Gasteiger partial charge in [-0.05, 0) is 54.6 Å². The molecule has 1 aromatic rings. The lowest BCUT2D eigenvalue weighted by Crippen LogP contribution is -2.26. The first-order chi connectivity index (χ1) is 9.10. The summed E-state index contributed by atoms with van der Waals surface area (Å²) in [5, 5.41) is 0.382. The van der Waals surface area contributed by atoms with E-state index in [1.165, 1.54) is 36.8 Å². The van der Waals surface area contributed by atoms with Gasteiger partial charge in [-0.25, -0.2) is 0 Å². The van der Waals surface area contributed by atoms with E-state index in [2.05, 4.69) is 45.0 Å². The predicted molar refractivity (Wildman–Crippen MR) is 85.0 cm³/mol. The first-order valence-electron chi connectivity index (χ1n) is 7.83. The Morgan fingerprint density at radius 3 is 2.42 bits per heavy atom. The molecule has 1 saturated carbocycles. The molecule has 0 heterocycles. The summed E-state index contributed by atoms with van der Waals surface area (Å²) in [5.74, 6) is 2.19. The monoisotopic (exact) mass is 278 g/mol. The fraction of sp³-hybridized carbons (Fsp3) is 0.667. The molecule has 1 aliphatic carbocycles. The summed E-state index contributed by atoms with van der Waals surface area (Å²) in [7, 11) is 0. The van der Waals surface area contributed by atoms with Gasteiger partial charge in [-0.3, -0.25) is 0 Å². The van der Waals surface area contributed by atoms with E-state index in [4.69, 9.17) is 11.6 Å². The van der Waals surface area contributed by atoms with Crippen LogP contribution in [0.4, 0.5) is 0 Å². The molecule has 0 nitrogen and oxygen atoms in total. The Labute approximate surface area is 123 Å². The Morgan fingerprint density at radius 1 is 1.16 bits per heavy atom. The smallest absolute Gasteiger partial charge is 0.0367 e. The van der Waals surface area contributed by atoms with E-state index in [9.17, 15) is 0 Å². The fourth-order valence-corrected chi connectivity index (χ4v) is 3.57. The Hall–Kier alpha value is -0.490. The third-order valence-corrected chi connectivity index (χ3v) is 5.29. The van der Waals surface area contributed by atoms with Crippen molar-refractivity contribution in [2.75, 3.05) is 0 Å². The van der Waals surface area contributed by atoms with Gasteiger partial charge in [0, 0.05) is 5.38 Å². The second kappa shape index (κ2) is 6.79. The largest absolute Gasteiger partial charge is 0.123 e. The van der Waals surface area contributed by atoms with Crippen molar-refractivity contribution in [2.24, 2.45) is 11.8 Å². The van der Waals surface area contributed by atoms with Gasteiger partial charge in [-0.2, -0.15) is 0 Å². The van der Waals surface area contributed by atoms with Crippen LogP contribution in [0, 0.1) is 11.8 Å². The highest BCUT2D eigenvalue weighted by Gasteiger charge is 2.28. The Kier molecular flexibility index (Phi) is 5.33. The minimum Gasteiger partial charge on any atom is -0.123 e. The molecular formula is C18H27Cl. The molecule has 0 saturated heterocycles. The molecule has 0 spiro atoms. The summed E-state index contributed by atoms with van der Waals surface area (Å²) in [5.41, 5.74) is 2.89. The number of alkyl halides is 1. The van der Waals surface area contributed by atoms with E-state index in [1.807, 2.05) is 0 Å². The summed E-state index contributed by atoms with van der Waals surface area (Å²) < 4.78 is 0. The maximum atomic E-state index is 6.54. The van der Waals surface area contributed by atoms with Gasteiger partial charge in [0.15, 0.2) is 0 Å². The van der Waals surface area contributed by atoms with Crippen molar-refractivity contribution in [1.29, 1.82) is 0 Å². The minimum absolute atomic E-state index is 0.382. The molecule has 0 aliphatic heterocycles. The highest BCUT2D eigenvalue weighted by molar-refractivity contribution is 6.20. The quantitative estimate of drug-likeness (QED) is 0.612. The summed E-state index contributed by atoms with van der Waals surface area (Å²) in [4.78, 5) is 0.